The van der Waals surface area contributed by atoms with Gasteiger partial charge in [0.2, 0.25) is 5.91 Å². The minimum Gasteiger partial charge on any atom is -0.481 e. The molecule has 136 valence electrons. The van der Waals surface area contributed by atoms with Crippen molar-refractivity contribution in [3.05, 3.63) is 35.6 Å². The number of carboxylic acids is 1. The molecule has 0 aromatic heterocycles. The van der Waals surface area contributed by atoms with Crippen LogP contribution >= 0.6 is 0 Å². The first-order chi connectivity index (χ1) is 12.0. The zero-order chi connectivity index (χ0) is 18.0. The van der Waals surface area contributed by atoms with E-state index in [0.717, 1.165) is 5.56 Å². The van der Waals surface area contributed by atoms with Crippen molar-refractivity contribution in [2.45, 2.75) is 43.5 Å². The number of likely N-dealkylation sites (tertiary alicyclic amines) is 1. The van der Waals surface area contributed by atoms with Crippen LogP contribution in [-0.4, -0.2) is 53.7 Å². The van der Waals surface area contributed by atoms with Crippen molar-refractivity contribution in [2.75, 3.05) is 13.7 Å². The summed E-state index contributed by atoms with van der Waals surface area (Å²) in [4.78, 5) is 25.5. The highest BCUT2D eigenvalue weighted by molar-refractivity contribution is 5.83. The predicted octanol–water partition coefficient (Wildman–Crippen LogP) is 0.824. The molecular formula is C17H22FN3O4. The van der Waals surface area contributed by atoms with E-state index >= 15 is 0 Å². The van der Waals surface area contributed by atoms with Crippen LogP contribution in [0.2, 0.25) is 0 Å². The quantitative estimate of drug-likeness (QED) is 0.728. The molecule has 0 aliphatic carbocycles. The van der Waals surface area contributed by atoms with Gasteiger partial charge in [-0.1, -0.05) is 12.1 Å². The van der Waals surface area contributed by atoms with Crippen molar-refractivity contribution < 1.29 is 23.8 Å². The highest BCUT2D eigenvalue weighted by Gasteiger charge is 2.41. The van der Waals surface area contributed by atoms with Crippen LogP contribution in [0.1, 0.15) is 30.9 Å². The van der Waals surface area contributed by atoms with Crippen LogP contribution < -0.4 is 10.9 Å². The van der Waals surface area contributed by atoms with Gasteiger partial charge >= 0.3 is 5.97 Å². The third kappa shape index (κ3) is 3.97. The molecule has 7 nitrogen and oxygen atoms in total. The van der Waals surface area contributed by atoms with Crippen LogP contribution in [0.15, 0.2) is 24.3 Å². The van der Waals surface area contributed by atoms with Gasteiger partial charge in [0.15, 0.2) is 0 Å². The second-order valence-electron chi connectivity index (χ2n) is 6.52. The molecule has 8 heteroatoms. The fourth-order valence-electron chi connectivity index (χ4n) is 3.54. The maximum Gasteiger partial charge on any atom is 0.305 e. The monoisotopic (exact) mass is 351 g/mol. The zero-order valence-electron chi connectivity index (χ0n) is 13.9. The van der Waals surface area contributed by atoms with Crippen molar-refractivity contribution >= 4 is 11.9 Å². The summed E-state index contributed by atoms with van der Waals surface area (Å²) < 4.78 is 18.4. The van der Waals surface area contributed by atoms with E-state index in [0.29, 0.717) is 19.4 Å². The minimum absolute atomic E-state index is 0.0901. The first-order valence-electron chi connectivity index (χ1n) is 8.29. The lowest BCUT2D eigenvalue weighted by Gasteiger charge is -2.26. The van der Waals surface area contributed by atoms with Gasteiger partial charge in [-0.15, -0.1) is 0 Å². The molecule has 1 aromatic rings. The summed E-state index contributed by atoms with van der Waals surface area (Å²) in [6, 6.07) is 5.23. The molecule has 2 saturated heterocycles. The van der Waals surface area contributed by atoms with Gasteiger partial charge in [-0.25, -0.2) is 15.2 Å². The van der Waals surface area contributed by atoms with Crippen molar-refractivity contribution in [1.29, 1.82) is 0 Å². The van der Waals surface area contributed by atoms with Crippen molar-refractivity contribution in [1.82, 2.24) is 15.8 Å². The van der Waals surface area contributed by atoms with Crippen LogP contribution in [0, 0.1) is 5.82 Å². The lowest BCUT2D eigenvalue weighted by atomic mass is 10.0. The number of hydrogen-bond acceptors (Lipinski definition) is 5. The Bertz CT molecular complexity index is 639. The van der Waals surface area contributed by atoms with Gasteiger partial charge in [0.1, 0.15) is 11.9 Å². The number of methoxy groups -OCH3 is 1. The number of aliphatic carboxylic acids is 1. The average Bonchev–Trinajstić information content (AvgIpc) is 3.21. The fourth-order valence-corrected chi connectivity index (χ4v) is 3.54. The van der Waals surface area contributed by atoms with Crippen LogP contribution in [0.3, 0.4) is 0 Å². The lowest BCUT2D eigenvalue weighted by Crippen LogP contribution is -2.48. The van der Waals surface area contributed by atoms with Crippen LogP contribution in [-0.2, 0) is 14.3 Å². The van der Waals surface area contributed by atoms with Crippen LogP contribution in [0.4, 0.5) is 4.39 Å². The Morgan fingerprint density at radius 3 is 2.64 bits per heavy atom. The first-order valence-corrected chi connectivity index (χ1v) is 8.29. The number of rotatable bonds is 5. The number of nitrogens with zero attached hydrogens (tertiary/aromatic N) is 1. The van der Waals surface area contributed by atoms with Gasteiger partial charge in [0, 0.05) is 25.7 Å². The SMILES string of the molecule is COC1CC(CC(=O)O)N(C(=O)C2CC(c3ccc(F)cc3)NN2)C1. The van der Waals surface area contributed by atoms with Crippen molar-refractivity contribution in [3.8, 4) is 0 Å². The second kappa shape index (κ2) is 7.47. The predicted molar refractivity (Wildman–Crippen MR) is 87.0 cm³/mol. The highest BCUT2D eigenvalue weighted by Crippen LogP contribution is 2.28. The topological polar surface area (TPSA) is 90.9 Å². The summed E-state index contributed by atoms with van der Waals surface area (Å²) in [5.74, 6) is -1.37. The molecular weight excluding hydrogens is 329 g/mol. The smallest absolute Gasteiger partial charge is 0.305 e. The number of benzene rings is 1. The molecule has 3 rings (SSSR count). The third-order valence-electron chi connectivity index (χ3n) is 4.88. The van der Waals surface area contributed by atoms with E-state index in [4.69, 9.17) is 9.84 Å². The summed E-state index contributed by atoms with van der Waals surface area (Å²) in [6.45, 7) is 0.396. The van der Waals surface area contributed by atoms with E-state index in [1.165, 1.54) is 12.1 Å². The lowest BCUT2D eigenvalue weighted by molar-refractivity contribution is -0.140. The Kier molecular flexibility index (Phi) is 5.31. The first kappa shape index (κ1) is 17.8. The zero-order valence-corrected chi connectivity index (χ0v) is 13.9. The number of amides is 1. The molecule has 2 aliphatic rings. The Morgan fingerprint density at radius 1 is 1.28 bits per heavy atom. The summed E-state index contributed by atoms with van der Waals surface area (Å²) in [5.41, 5.74) is 6.93. The van der Waals surface area contributed by atoms with Crippen molar-refractivity contribution in [3.63, 3.8) is 0 Å². The Balaban J connectivity index is 1.66. The molecule has 2 heterocycles. The van der Waals surface area contributed by atoms with E-state index < -0.39 is 12.0 Å². The van der Waals surface area contributed by atoms with Gasteiger partial charge in [0.05, 0.1) is 12.5 Å². The number of nitrogens with one attached hydrogen (secondary N) is 2. The highest BCUT2D eigenvalue weighted by atomic mass is 19.1. The van der Waals surface area contributed by atoms with Gasteiger partial charge in [-0.05, 0) is 30.5 Å². The van der Waals surface area contributed by atoms with Gasteiger partial charge in [-0.2, -0.15) is 0 Å². The molecule has 3 N–H and O–H groups in total. The maximum atomic E-state index is 13.0. The van der Waals surface area contributed by atoms with Gasteiger partial charge in [-0.3, -0.25) is 9.59 Å². The number of halogens is 1. The Morgan fingerprint density at radius 2 is 2.00 bits per heavy atom. The van der Waals surface area contributed by atoms with E-state index in [9.17, 15) is 14.0 Å². The maximum absolute atomic E-state index is 13.0. The number of hydrogen-bond donors (Lipinski definition) is 3. The summed E-state index contributed by atoms with van der Waals surface area (Å²) in [7, 11) is 1.57. The molecule has 4 unspecified atom stereocenters. The molecule has 4 atom stereocenters. The third-order valence-corrected chi connectivity index (χ3v) is 4.88. The van der Waals surface area contributed by atoms with E-state index in [-0.39, 0.29) is 36.3 Å². The average molecular weight is 351 g/mol. The number of ether oxygens (including phenoxy) is 1. The van der Waals surface area contributed by atoms with Crippen LogP contribution in [0.5, 0.6) is 0 Å². The molecule has 1 aromatic carbocycles. The second-order valence-corrected chi connectivity index (χ2v) is 6.52. The number of carboxylic acid groups (broad SMARTS) is 1. The van der Waals surface area contributed by atoms with Gasteiger partial charge in [0.25, 0.3) is 0 Å². The molecule has 0 radical (unpaired) electrons. The normalized spacial score (nSPS) is 29.1. The Labute approximate surface area is 145 Å². The molecule has 2 fully saturated rings. The van der Waals surface area contributed by atoms with Crippen molar-refractivity contribution in [2.24, 2.45) is 0 Å². The summed E-state index contributed by atoms with van der Waals surface area (Å²) in [6.07, 6.45) is 0.803. The fraction of sp³-hybridized carbons (Fsp3) is 0.529. The van der Waals surface area contributed by atoms with E-state index in [1.54, 1.807) is 24.1 Å². The van der Waals surface area contributed by atoms with Gasteiger partial charge < -0.3 is 14.7 Å². The summed E-state index contributed by atoms with van der Waals surface area (Å²) in [5, 5.41) is 9.07. The molecule has 1 amide bonds. The standard InChI is InChI=1S/C17H22FN3O4/c1-25-13-6-12(7-16(22)23)21(9-13)17(24)15-8-14(19-20-15)10-2-4-11(18)5-3-10/h2-5,12-15,19-20H,6-9H2,1H3,(H,22,23). The molecule has 2 aliphatic heterocycles. The van der Waals surface area contributed by atoms with Crippen LogP contribution in [0.25, 0.3) is 0 Å². The molecule has 0 bridgehead atoms. The Hall–Kier alpha value is -2.03. The summed E-state index contributed by atoms with van der Waals surface area (Å²) >= 11 is 0. The minimum atomic E-state index is -0.929. The molecule has 25 heavy (non-hydrogen) atoms. The van der Waals surface area contributed by atoms with E-state index in [2.05, 4.69) is 10.9 Å². The number of carbonyl (C=O) groups excluding carboxylic acids is 1. The largest absolute Gasteiger partial charge is 0.481 e. The van der Waals surface area contributed by atoms with E-state index in [1.807, 2.05) is 0 Å². The molecule has 0 saturated carbocycles. The number of hydrazine groups is 1. The number of carbonyl (C=O) groups is 2. The molecule has 0 spiro atoms.